The summed E-state index contributed by atoms with van der Waals surface area (Å²) in [6, 6.07) is 8.70. The van der Waals surface area contributed by atoms with Crippen molar-refractivity contribution in [2.75, 3.05) is 68.6 Å². The second-order valence-corrected chi connectivity index (χ2v) is 16.3. The van der Waals surface area contributed by atoms with Crippen molar-refractivity contribution < 1.29 is 28.1 Å². The molecule has 2 unspecified atom stereocenters. The molecule has 0 bridgehead atoms. The fraction of sp³-hybridized carbons (Fsp3) is 0.512. The van der Waals surface area contributed by atoms with Gasteiger partial charge in [0.1, 0.15) is 23.7 Å². The Kier molecular flexibility index (Phi) is 10.2. The predicted octanol–water partition coefficient (Wildman–Crippen LogP) is 4.97. The van der Waals surface area contributed by atoms with E-state index in [4.69, 9.17) is 24.7 Å². The van der Waals surface area contributed by atoms with Gasteiger partial charge in [0.25, 0.3) is 0 Å². The lowest BCUT2D eigenvalue weighted by molar-refractivity contribution is -0.0567. The molecule has 4 atom stereocenters. The number of carbonyl (C=O) groups is 1. The lowest BCUT2D eigenvalue weighted by atomic mass is 10.0. The zero-order valence-corrected chi connectivity index (χ0v) is 32.7. The minimum Gasteiger partial charge on any atom is -0.487 e. The third kappa shape index (κ3) is 7.41. The summed E-state index contributed by atoms with van der Waals surface area (Å²) in [7, 11) is 1.60. The molecule has 1 aromatic carbocycles. The van der Waals surface area contributed by atoms with Crippen LogP contribution in [-0.2, 0) is 22.6 Å². The summed E-state index contributed by atoms with van der Waals surface area (Å²) in [5.74, 6) is 0.779. The summed E-state index contributed by atoms with van der Waals surface area (Å²) in [6.07, 6.45) is 6.62. The molecule has 3 saturated heterocycles. The number of morpholine rings is 1. The van der Waals surface area contributed by atoms with Crippen LogP contribution in [0.25, 0.3) is 10.9 Å². The van der Waals surface area contributed by atoms with Gasteiger partial charge in [-0.25, -0.2) is 19.2 Å². The number of ether oxygens (including phenoxy) is 4. The number of aromatic nitrogens is 3. The number of nitrogen functional groups attached to an aromatic ring is 1. The smallest absolute Gasteiger partial charge is 0.410 e. The number of pyridine rings is 3. The first kappa shape index (κ1) is 37.8. The Labute approximate surface area is 325 Å². The number of piperidine rings is 1. The average molecular weight is 771 g/mol. The van der Waals surface area contributed by atoms with E-state index in [2.05, 4.69) is 24.3 Å². The Morgan fingerprint density at radius 2 is 1.93 bits per heavy atom. The zero-order chi connectivity index (χ0) is 39.3. The normalized spacial score (nSPS) is 22.3. The van der Waals surface area contributed by atoms with Crippen LogP contribution in [0.3, 0.4) is 0 Å². The highest BCUT2D eigenvalue weighted by Crippen LogP contribution is 2.44. The number of hydrogen-bond acceptors (Lipinski definition) is 12. The fourth-order valence-corrected chi connectivity index (χ4v) is 8.59. The number of benzene rings is 1. The van der Waals surface area contributed by atoms with E-state index in [9.17, 15) is 9.59 Å². The molecule has 0 saturated carbocycles. The van der Waals surface area contributed by atoms with Crippen LogP contribution in [0.1, 0.15) is 57.7 Å². The molecule has 15 heteroatoms. The van der Waals surface area contributed by atoms with Gasteiger partial charge in [-0.1, -0.05) is 0 Å². The van der Waals surface area contributed by atoms with Crippen molar-refractivity contribution in [2.45, 2.75) is 83.5 Å². The fourth-order valence-electron chi connectivity index (χ4n) is 8.59. The number of hydrogen-bond donors (Lipinski definition) is 1. The van der Waals surface area contributed by atoms with E-state index in [0.29, 0.717) is 74.5 Å². The lowest BCUT2D eigenvalue weighted by Gasteiger charge is -2.40. The van der Waals surface area contributed by atoms with Crippen molar-refractivity contribution >= 4 is 34.2 Å². The summed E-state index contributed by atoms with van der Waals surface area (Å²) in [6.45, 7) is 11.8. The number of halogens is 1. The summed E-state index contributed by atoms with van der Waals surface area (Å²) >= 11 is 0. The van der Waals surface area contributed by atoms with Crippen LogP contribution in [0.5, 0.6) is 11.6 Å². The number of rotatable bonds is 8. The molecule has 56 heavy (non-hydrogen) atoms. The van der Waals surface area contributed by atoms with Gasteiger partial charge in [0, 0.05) is 75.9 Å². The maximum absolute atomic E-state index is 16.6. The van der Waals surface area contributed by atoms with Gasteiger partial charge in [0.15, 0.2) is 17.0 Å². The number of nitrogens with two attached hydrogens (primary N) is 1. The number of methoxy groups -OCH3 is 1. The van der Waals surface area contributed by atoms with Gasteiger partial charge < -0.3 is 39.0 Å². The van der Waals surface area contributed by atoms with Gasteiger partial charge in [-0.2, -0.15) is 0 Å². The van der Waals surface area contributed by atoms with Crippen LogP contribution in [-0.4, -0.2) is 107 Å². The van der Waals surface area contributed by atoms with Crippen LogP contribution in [0.15, 0.2) is 53.7 Å². The number of amides is 1. The molecule has 0 spiro atoms. The molecule has 298 valence electrons. The molecule has 4 aromatic rings. The van der Waals surface area contributed by atoms with E-state index in [1.165, 1.54) is 6.07 Å². The maximum Gasteiger partial charge on any atom is 0.410 e. The van der Waals surface area contributed by atoms with Gasteiger partial charge in [-0.15, -0.1) is 0 Å². The SMILES string of the molecule is COc1cc(CN(Cc2cn3c4c(c(N5CC6[C@H](C5)OCCN6C(=O)OC(C)(C)C)c(F)cc4c2=O)OCC3C)[C@H]2CCCN(c3ccc(N)nc3)C2)ccn1. The summed E-state index contributed by atoms with van der Waals surface area (Å²) < 4.78 is 42.3. The molecule has 2 N–H and O–H groups in total. The first-order valence-electron chi connectivity index (χ1n) is 19.5. The summed E-state index contributed by atoms with van der Waals surface area (Å²) in [5.41, 5.74) is 8.43. The lowest BCUT2D eigenvalue weighted by Crippen LogP contribution is -2.54. The monoisotopic (exact) mass is 770 g/mol. The number of anilines is 3. The van der Waals surface area contributed by atoms with Crippen LogP contribution < -0.4 is 30.4 Å². The van der Waals surface area contributed by atoms with Gasteiger partial charge in [0.2, 0.25) is 5.88 Å². The zero-order valence-electron chi connectivity index (χ0n) is 32.7. The first-order valence-corrected chi connectivity index (χ1v) is 19.5. The van der Waals surface area contributed by atoms with E-state index in [1.807, 2.05) is 63.1 Å². The Morgan fingerprint density at radius 3 is 2.70 bits per heavy atom. The topological polar surface area (TPSA) is 141 Å². The molecule has 4 aliphatic rings. The Hall–Kier alpha value is -5.15. The van der Waals surface area contributed by atoms with Crippen molar-refractivity contribution in [3.8, 4) is 11.6 Å². The minimum absolute atomic E-state index is 0.0912. The first-order chi connectivity index (χ1) is 26.9. The second kappa shape index (κ2) is 15.1. The van der Waals surface area contributed by atoms with Crippen LogP contribution in [0.2, 0.25) is 0 Å². The number of fused-ring (bicyclic) bond motifs is 1. The van der Waals surface area contributed by atoms with Crippen molar-refractivity contribution in [2.24, 2.45) is 0 Å². The molecule has 3 aromatic heterocycles. The third-order valence-electron chi connectivity index (χ3n) is 11.3. The standard InChI is InChI=1S/C41H51FN8O6/c1-25-24-55-39-36-30(16-31(42)37(39)48-22-32-33(23-48)54-14-13-49(32)40(52)56-41(2,3)4)38(51)27(20-50(25)36)19-47(18-26-10-11-44-35(15-26)53-5)29-7-6-12-46(21-29)28-8-9-34(43)45-17-28/h8-11,15-17,20,25,29,32-33H,6-7,12-14,18-19,21-24H2,1-5H3,(H2,43,45)/t25?,29-,32?,33-/m0/s1. The van der Waals surface area contributed by atoms with E-state index >= 15 is 4.39 Å². The van der Waals surface area contributed by atoms with Gasteiger partial charge in [0.05, 0.1) is 54.7 Å². The van der Waals surface area contributed by atoms with E-state index in [-0.39, 0.29) is 40.7 Å². The highest BCUT2D eigenvalue weighted by Gasteiger charge is 2.45. The van der Waals surface area contributed by atoms with Crippen LogP contribution in [0, 0.1) is 5.82 Å². The Morgan fingerprint density at radius 1 is 1.09 bits per heavy atom. The molecule has 4 aliphatic heterocycles. The second-order valence-electron chi connectivity index (χ2n) is 16.3. The van der Waals surface area contributed by atoms with E-state index in [1.54, 1.807) is 24.4 Å². The average Bonchev–Trinajstić information content (AvgIpc) is 3.61. The largest absolute Gasteiger partial charge is 0.487 e. The van der Waals surface area contributed by atoms with Gasteiger partial charge >= 0.3 is 6.09 Å². The maximum atomic E-state index is 16.6. The molecule has 0 radical (unpaired) electrons. The molecular weight excluding hydrogens is 719 g/mol. The van der Waals surface area contributed by atoms with E-state index in [0.717, 1.165) is 37.2 Å². The summed E-state index contributed by atoms with van der Waals surface area (Å²) in [4.78, 5) is 44.6. The molecule has 3 fully saturated rings. The Bertz CT molecular complexity index is 2160. The highest BCUT2D eigenvalue weighted by molar-refractivity contribution is 5.92. The third-order valence-corrected chi connectivity index (χ3v) is 11.3. The summed E-state index contributed by atoms with van der Waals surface area (Å²) in [5, 5.41) is 0.275. The Balaban J connectivity index is 1.13. The van der Waals surface area contributed by atoms with Crippen molar-refractivity contribution in [3.05, 3.63) is 76.1 Å². The molecule has 7 heterocycles. The molecular formula is C41H51FN8O6. The van der Waals surface area contributed by atoms with Crippen LogP contribution >= 0.6 is 0 Å². The number of nitrogens with zero attached hydrogens (tertiary/aromatic N) is 7. The van der Waals surface area contributed by atoms with Gasteiger partial charge in [-0.3, -0.25) is 14.6 Å². The van der Waals surface area contributed by atoms with Crippen molar-refractivity contribution in [1.29, 1.82) is 0 Å². The highest BCUT2D eigenvalue weighted by atomic mass is 19.1. The number of carbonyl (C=O) groups excluding carboxylic acids is 1. The van der Waals surface area contributed by atoms with Crippen LogP contribution in [0.4, 0.5) is 26.4 Å². The molecule has 8 rings (SSSR count). The molecule has 0 aliphatic carbocycles. The van der Waals surface area contributed by atoms with Crippen molar-refractivity contribution in [3.63, 3.8) is 0 Å². The van der Waals surface area contributed by atoms with E-state index < -0.39 is 17.5 Å². The molecule has 14 nitrogen and oxygen atoms in total. The quantitative estimate of drug-likeness (QED) is 0.259. The van der Waals surface area contributed by atoms with Crippen molar-refractivity contribution in [1.82, 2.24) is 24.3 Å². The predicted molar refractivity (Wildman–Crippen MR) is 211 cm³/mol. The van der Waals surface area contributed by atoms with Gasteiger partial charge in [-0.05, 0) is 70.4 Å². The molecule has 1 amide bonds. The minimum atomic E-state index is -0.652.